The van der Waals surface area contributed by atoms with Crippen LogP contribution in [0.2, 0.25) is 0 Å². The van der Waals surface area contributed by atoms with E-state index in [9.17, 15) is 0 Å². The molecule has 3 aromatic rings. The van der Waals surface area contributed by atoms with Gasteiger partial charge in [0.1, 0.15) is 18.2 Å². The normalized spacial score (nSPS) is 17.5. The SMILES string of the molecule is CCC1CCC(CNCc2ccc(OC)c(OCc3ccccc3)c2)CC1.Cc1nc(N(C)C)c2c(n1)=CCC=CC=2. The molecular weight excluding hydrogens is 520 g/mol. The standard InChI is InChI=1S/C24H33NO2.C12H15N3/c1-3-19-9-11-20(12-10-19)16-25-17-22-13-14-23(26-2)24(15-22)27-18-21-7-5-4-6-8-21;1-9-13-11-8-6-4-5-7-10(11)12(14-9)15(2)3/h4-8,13-15,19-20,25H,3,9-12,16-18H2,1-2H3;4-5,7-8H,6H2,1-3H3. The zero-order valence-corrected chi connectivity index (χ0v) is 26.1. The molecule has 1 N–H and O–H groups in total. The molecule has 0 amide bonds. The molecule has 42 heavy (non-hydrogen) atoms. The van der Waals surface area contributed by atoms with Gasteiger partial charge in [-0.3, -0.25) is 0 Å². The molecule has 1 heterocycles. The van der Waals surface area contributed by atoms with E-state index in [1.54, 1.807) is 7.11 Å². The number of nitrogens with zero attached hydrogens (tertiary/aromatic N) is 3. The molecule has 1 aromatic heterocycles. The van der Waals surface area contributed by atoms with Crippen molar-refractivity contribution in [2.24, 2.45) is 11.8 Å². The second kappa shape index (κ2) is 16.1. The third kappa shape index (κ3) is 9.18. The molecule has 0 spiro atoms. The largest absolute Gasteiger partial charge is 0.493 e. The molecular formula is C36H48N4O2. The summed E-state index contributed by atoms with van der Waals surface area (Å²) >= 11 is 0. The lowest BCUT2D eigenvalue weighted by Crippen LogP contribution is -2.35. The first-order valence-electron chi connectivity index (χ1n) is 15.4. The maximum Gasteiger partial charge on any atom is 0.161 e. The molecule has 224 valence electrons. The van der Waals surface area contributed by atoms with Gasteiger partial charge in [0.25, 0.3) is 0 Å². The van der Waals surface area contributed by atoms with Gasteiger partial charge in [-0.2, -0.15) is 0 Å². The molecule has 1 fully saturated rings. The number of hydrogen-bond acceptors (Lipinski definition) is 6. The summed E-state index contributed by atoms with van der Waals surface area (Å²) in [6, 6.07) is 16.5. The summed E-state index contributed by atoms with van der Waals surface area (Å²) in [7, 11) is 5.70. The Bertz CT molecular complexity index is 1410. The molecule has 0 radical (unpaired) electrons. The van der Waals surface area contributed by atoms with Gasteiger partial charge in [-0.05, 0) is 73.9 Å². The third-order valence-corrected chi connectivity index (χ3v) is 8.11. The van der Waals surface area contributed by atoms with Crippen LogP contribution in [0, 0.1) is 18.8 Å². The summed E-state index contributed by atoms with van der Waals surface area (Å²) in [6.45, 7) is 6.79. The van der Waals surface area contributed by atoms with E-state index < -0.39 is 0 Å². The number of aromatic nitrogens is 2. The number of anilines is 1. The Morgan fingerprint density at radius 2 is 1.69 bits per heavy atom. The minimum Gasteiger partial charge on any atom is -0.493 e. The zero-order valence-electron chi connectivity index (χ0n) is 26.1. The number of aryl methyl sites for hydroxylation is 1. The van der Waals surface area contributed by atoms with Crippen LogP contribution in [0.4, 0.5) is 5.82 Å². The van der Waals surface area contributed by atoms with E-state index >= 15 is 0 Å². The van der Waals surface area contributed by atoms with Crippen LogP contribution in [0.3, 0.4) is 0 Å². The maximum absolute atomic E-state index is 6.02. The van der Waals surface area contributed by atoms with Crippen molar-refractivity contribution in [3.8, 4) is 11.5 Å². The van der Waals surface area contributed by atoms with Crippen molar-refractivity contribution in [1.82, 2.24) is 15.3 Å². The van der Waals surface area contributed by atoms with Crippen molar-refractivity contribution in [3.05, 3.63) is 88.2 Å². The number of allylic oxidation sites excluding steroid dienone is 2. The number of fused-ring (bicyclic) bond motifs is 1. The van der Waals surface area contributed by atoms with Crippen molar-refractivity contribution in [2.45, 2.75) is 65.5 Å². The summed E-state index contributed by atoms with van der Waals surface area (Å²) in [5, 5.41) is 5.80. The van der Waals surface area contributed by atoms with Crippen LogP contribution >= 0.6 is 0 Å². The summed E-state index contributed by atoms with van der Waals surface area (Å²) in [6.07, 6.45) is 16.2. The Morgan fingerprint density at radius 3 is 2.40 bits per heavy atom. The molecule has 0 bridgehead atoms. The first-order valence-corrected chi connectivity index (χ1v) is 15.4. The number of methoxy groups -OCH3 is 1. The van der Waals surface area contributed by atoms with Crippen molar-refractivity contribution >= 4 is 18.0 Å². The molecule has 2 aromatic carbocycles. The van der Waals surface area contributed by atoms with E-state index in [2.05, 4.69) is 70.8 Å². The summed E-state index contributed by atoms with van der Waals surface area (Å²) in [4.78, 5) is 10.9. The molecule has 0 aliphatic heterocycles. The van der Waals surface area contributed by atoms with Gasteiger partial charge < -0.3 is 19.7 Å². The number of benzene rings is 2. The molecule has 1 saturated carbocycles. The lowest BCUT2D eigenvalue weighted by atomic mass is 9.81. The van der Waals surface area contributed by atoms with Gasteiger partial charge in [-0.25, -0.2) is 9.97 Å². The fraction of sp³-hybridized carbons (Fsp3) is 0.444. The highest BCUT2D eigenvalue weighted by Crippen LogP contribution is 2.31. The molecule has 2 aliphatic carbocycles. The number of ether oxygens (including phenoxy) is 2. The van der Waals surface area contributed by atoms with Crippen LogP contribution in [0.5, 0.6) is 11.5 Å². The zero-order chi connectivity index (χ0) is 29.7. The molecule has 0 unspecified atom stereocenters. The van der Waals surface area contributed by atoms with Crippen LogP contribution in [-0.2, 0) is 13.2 Å². The van der Waals surface area contributed by atoms with Crippen LogP contribution in [-0.4, -0.2) is 37.7 Å². The Kier molecular flexibility index (Phi) is 12.0. The molecule has 5 rings (SSSR count). The monoisotopic (exact) mass is 568 g/mol. The van der Waals surface area contributed by atoms with Gasteiger partial charge in [0.15, 0.2) is 11.5 Å². The quantitative estimate of drug-likeness (QED) is 0.326. The summed E-state index contributed by atoms with van der Waals surface area (Å²) in [5.74, 6) is 5.20. The lowest BCUT2D eigenvalue weighted by Gasteiger charge is -2.28. The Hall–Kier alpha value is -3.64. The molecule has 6 nitrogen and oxygen atoms in total. The highest BCUT2D eigenvalue weighted by molar-refractivity contribution is 5.52. The highest BCUT2D eigenvalue weighted by Gasteiger charge is 2.19. The van der Waals surface area contributed by atoms with Crippen LogP contribution in [0.15, 0.2) is 60.7 Å². The van der Waals surface area contributed by atoms with Gasteiger partial charge in [0, 0.05) is 25.9 Å². The van der Waals surface area contributed by atoms with E-state index in [4.69, 9.17) is 9.47 Å². The van der Waals surface area contributed by atoms with E-state index in [-0.39, 0.29) is 0 Å². The number of hydrogen-bond donors (Lipinski definition) is 1. The fourth-order valence-corrected chi connectivity index (χ4v) is 5.61. The third-order valence-electron chi connectivity index (χ3n) is 8.11. The van der Waals surface area contributed by atoms with Gasteiger partial charge in [0.05, 0.1) is 12.5 Å². The van der Waals surface area contributed by atoms with E-state index in [1.807, 2.05) is 50.2 Å². The smallest absolute Gasteiger partial charge is 0.161 e. The van der Waals surface area contributed by atoms with E-state index in [0.717, 1.165) is 70.6 Å². The van der Waals surface area contributed by atoms with Crippen molar-refractivity contribution in [2.75, 3.05) is 32.6 Å². The van der Waals surface area contributed by atoms with Crippen LogP contribution in [0.1, 0.15) is 62.4 Å². The molecule has 0 saturated heterocycles. The highest BCUT2D eigenvalue weighted by atomic mass is 16.5. The first kappa shape index (κ1) is 31.3. The van der Waals surface area contributed by atoms with Crippen LogP contribution < -0.4 is 30.3 Å². The average molecular weight is 569 g/mol. The molecule has 2 aliphatic rings. The topological polar surface area (TPSA) is 59.5 Å². The van der Waals surface area contributed by atoms with Crippen molar-refractivity contribution in [1.29, 1.82) is 0 Å². The predicted molar refractivity (Wildman–Crippen MR) is 174 cm³/mol. The van der Waals surface area contributed by atoms with Gasteiger partial charge in [-0.1, -0.05) is 80.8 Å². The van der Waals surface area contributed by atoms with Crippen molar-refractivity contribution in [3.63, 3.8) is 0 Å². The predicted octanol–water partition coefficient (Wildman–Crippen LogP) is 5.95. The van der Waals surface area contributed by atoms with E-state index in [1.165, 1.54) is 37.7 Å². The Labute approximate surface area is 252 Å². The first-order chi connectivity index (χ1) is 20.5. The lowest BCUT2D eigenvalue weighted by molar-refractivity contribution is 0.262. The fourth-order valence-electron chi connectivity index (χ4n) is 5.61. The maximum atomic E-state index is 6.02. The second-order valence-corrected chi connectivity index (χ2v) is 11.5. The van der Waals surface area contributed by atoms with Crippen LogP contribution in [0.25, 0.3) is 12.2 Å². The van der Waals surface area contributed by atoms with Gasteiger partial charge >= 0.3 is 0 Å². The molecule has 0 atom stereocenters. The van der Waals surface area contributed by atoms with Gasteiger partial charge in [-0.15, -0.1) is 0 Å². The second-order valence-electron chi connectivity index (χ2n) is 11.5. The molecule has 6 heteroatoms. The minimum absolute atomic E-state index is 0.550. The number of nitrogens with one attached hydrogen (secondary N) is 1. The summed E-state index contributed by atoms with van der Waals surface area (Å²) < 4.78 is 11.5. The summed E-state index contributed by atoms with van der Waals surface area (Å²) in [5.41, 5.74) is 2.40. The minimum atomic E-state index is 0.550. The van der Waals surface area contributed by atoms with Crippen molar-refractivity contribution < 1.29 is 9.47 Å². The Morgan fingerprint density at radius 1 is 0.929 bits per heavy atom. The van der Waals surface area contributed by atoms with Gasteiger partial charge in [0.2, 0.25) is 0 Å². The van der Waals surface area contributed by atoms with E-state index in [0.29, 0.717) is 6.61 Å². The Balaban J connectivity index is 0.000000227. The average Bonchev–Trinajstić information content (AvgIpc) is 3.26. The number of rotatable bonds is 10.